The van der Waals surface area contributed by atoms with Crippen LogP contribution in [-0.2, 0) is 19.4 Å². The number of ether oxygens (including phenoxy) is 3. The lowest BCUT2D eigenvalue weighted by molar-refractivity contribution is 0.157. The fourth-order valence-corrected chi connectivity index (χ4v) is 4.11. The zero-order valence-electron chi connectivity index (χ0n) is 14.8. The first kappa shape index (κ1) is 16.1. The van der Waals surface area contributed by atoms with E-state index in [4.69, 9.17) is 14.2 Å². The fourth-order valence-electron chi connectivity index (χ4n) is 4.11. The minimum atomic E-state index is 0.275. The van der Waals surface area contributed by atoms with Crippen LogP contribution in [-0.4, -0.2) is 37.9 Å². The van der Waals surface area contributed by atoms with Crippen LogP contribution in [0, 0.1) is 0 Å². The van der Waals surface area contributed by atoms with Gasteiger partial charge in [-0.2, -0.15) is 0 Å². The van der Waals surface area contributed by atoms with Crippen molar-refractivity contribution in [2.45, 2.75) is 25.4 Å². The summed E-state index contributed by atoms with van der Waals surface area (Å²) in [5.41, 5.74) is 4.78. The Morgan fingerprint density at radius 3 is 2.40 bits per heavy atom. The number of rotatable bonds is 3. The third-order valence-corrected chi connectivity index (χ3v) is 5.45. The molecule has 25 heavy (non-hydrogen) atoms. The molecule has 0 spiro atoms. The molecule has 0 bridgehead atoms. The molecule has 4 rings (SSSR count). The summed E-state index contributed by atoms with van der Waals surface area (Å²) in [4.78, 5) is 2.43. The predicted molar refractivity (Wildman–Crippen MR) is 94.8 cm³/mol. The molecular formula is C20H23NO4. The van der Waals surface area contributed by atoms with E-state index in [2.05, 4.69) is 23.1 Å². The number of aromatic hydroxyl groups is 1. The first-order chi connectivity index (χ1) is 12.2. The first-order valence-electron chi connectivity index (χ1n) is 8.52. The lowest BCUT2D eigenvalue weighted by Gasteiger charge is -2.41. The van der Waals surface area contributed by atoms with Gasteiger partial charge in [0.1, 0.15) is 0 Å². The van der Waals surface area contributed by atoms with Gasteiger partial charge in [-0.3, -0.25) is 4.90 Å². The number of nitrogens with zero attached hydrogens (tertiary/aromatic N) is 1. The molecule has 2 aliphatic heterocycles. The summed E-state index contributed by atoms with van der Waals surface area (Å²) in [5, 5.41) is 10.5. The fraction of sp³-hybridized carbons (Fsp3) is 0.400. The Morgan fingerprint density at radius 2 is 1.68 bits per heavy atom. The molecule has 0 amide bonds. The highest BCUT2D eigenvalue weighted by Crippen LogP contribution is 2.45. The number of phenolic OH excluding ortho intramolecular Hbond substituents is 1. The quantitative estimate of drug-likeness (QED) is 0.869. The number of hydrogen-bond donors (Lipinski definition) is 1. The van der Waals surface area contributed by atoms with Gasteiger partial charge in [0.25, 0.3) is 0 Å². The van der Waals surface area contributed by atoms with Crippen molar-refractivity contribution in [2.75, 3.05) is 27.9 Å². The molecule has 5 heteroatoms. The Morgan fingerprint density at radius 1 is 0.960 bits per heavy atom. The molecule has 2 aliphatic rings. The van der Waals surface area contributed by atoms with Crippen LogP contribution in [0.15, 0.2) is 24.3 Å². The van der Waals surface area contributed by atoms with Gasteiger partial charge in [-0.1, -0.05) is 6.07 Å². The molecule has 0 saturated heterocycles. The highest BCUT2D eigenvalue weighted by atomic mass is 16.5. The number of phenols is 1. The maximum Gasteiger partial charge on any atom is 0.162 e. The number of hydrogen-bond acceptors (Lipinski definition) is 5. The molecule has 1 N–H and O–H groups in total. The molecule has 2 heterocycles. The summed E-state index contributed by atoms with van der Waals surface area (Å²) in [6.07, 6.45) is 1.83. The molecule has 0 fully saturated rings. The summed E-state index contributed by atoms with van der Waals surface area (Å²) in [5.74, 6) is 2.37. The van der Waals surface area contributed by atoms with E-state index in [-0.39, 0.29) is 5.75 Å². The van der Waals surface area contributed by atoms with Crippen molar-refractivity contribution in [2.24, 2.45) is 0 Å². The number of methoxy groups -OCH3 is 3. The molecule has 0 unspecified atom stereocenters. The average Bonchev–Trinajstić information content (AvgIpc) is 2.66. The molecule has 2 aromatic carbocycles. The summed E-state index contributed by atoms with van der Waals surface area (Å²) in [7, 11) is 4.93. The smallest absolute Gasteiger partial charge is 0.162 e. The van der Waals surface area contributed by atoms with Crippen LogP contribution in [0.25, 0.3) is 0 Å². The second-order valence-electron chi connectivity index (χ2n) is 6.60. The van der Waals surface area contributed by atoms with Crippen molar-refractivity contribution in [3.63, 3.8) is 0 Å². The largest absolute Gasteiger partial charge is 0.504 e. The zero-order chi connectivity index (χ0) is 17.6. The third kappa shape index (κ3) is 2.50. The topological polar surface area (TPSA) is 51.2 Å². The molecule has 2 aromatic rings. The van der Waals surface area contributed by atoms with E-state index in [9.17, 15) is 5.11 Å². The summed E-state index contributed by atoms with van der Waals surface area (Å²) < 4.78 is 16.2. The molecule has 1 atom stereocenters. The van der Waals surface area contributed by atoms with Gasteiger partial charge >= 0.3 is 0 Å². The maximum absolute atomic E-state index is 10.5. The van der Waals surface area contributed by atoms with E-state index in [1.807, 2.05) is 6.07 Å². The summed E-state index contributed by atoms with van der Waals surface area (Å²) >= 11 is 0. The molecule has 0 saturated carbocycles. The molecular weight excluding hydrogens is 319 g/mol. The highest BCUT2D eigenvalue weighted by Gasteiger charge is 2.34. The lowest BCUT2D eigenvalue weighted by atomic mass is 9.86. The van der Waals surface area contributed by atoms with Crippen LogP contribution >= 0.6 is 0 Å². The Bertz CT molecular complexity index is 818. The Hall–Kier alpha value is -2.40. The monoisotopic (exact) mass is 342 g/mol. The van der Waals surface area contributed by atoms with Crippen molar-refractivity contribution in [1.29, 1.82) is 0 Å². The van der Waals surface area contributed by atoms with Crippen LogP contribution in [0.4, 0.5) is 0 Å². The van der Waals surface area contributed by atoms with Crippen LogP contribution < -0.4 is 14.2 Å². The second-order valence-corrected chi connectivity index (χ2v) is 6.60. The minimum absolute atomic E-state index is 0.275. The average molecular weight is 342 g/mol. The minimum Gasteiger partial charge on any atom is -0.504 e. The predicted octanol–water partition coefficient (Wildman–Crippen LogP) is 3.07. The van der Waals surface area contributed by atoms with Crippen molar-refractivity contribution in [3.05, 3.63) is 46.5 Å². The van der Waals surface area contributed by atoms with Gasteiger partial charge in [0.15, 0.2) is 23.0 Å². The van der Waals surface area contributed by atoms with Gasteiger partial charge < -0.3 is 19.3 Å². The van der Waals surface area contributed by atoms with Gasteiger partial charge in [-0.25, -0.2) is 0 Å². The molecule has 132 valence electrons. The number of benzene rings is 2. The SMILES string of the molecule is COc1cc2c(cc1OC)[C@H]1Cc3ccc(OC)c(O)c3[13CH2]N1CC2. The standard InChI is InChI=1S/C20H23NO4/c1-23-17-5-4-12-8-16-14-10-19(25-3)18(24-2)9-13(14)6-7-21(16)11-15(12)20(17)22/h4-5,9-10,16,22H,6-8,11H2,1-3H3/t16-/m1/s1/i11+1. The maximum atomic E-state index is 10.5. The van der Waals surface area contributed by atoms with Crippen LogP contribution in [0.1, 0.15) is 28.3 Å². The normalized spacial score (nSPS) is 18.8. The Balaban J connectivity index is 1.76. The van der Waals surface area contributed by atoms with Gasteiger partial charge in [-0.05, 0) is 47.7 Å². The van der Waals surface area contributed by atoms with Crippen molar-refractivity contribution < 1.29 is 19.3 Å². The first-order valence-corrected chi connectivity index (χ1v) is 8.52. The molecule has 0 aromatic heterocycles. The van der Waals surface area contributed by atoms with E-state index >= 15 is 0 Å². The lowest BCUT2D eigenvalue weighted by Crippen LogP contribution is -2.39. The van der Waals surface area contributed by atoms with Gasteiger partial charge in [0.2, 0.25) is 0 Å². The van der Waals surface area contributed by atoms with Crippen LogP contribution in [0.5, 0.6) is 23.0 Å². The summed E-state index contributed by atoms with van der Waals surface area (Å²) in [6.45, 7) is 1.69. The second kappa shape index (κ2) is 6.15. The van der Waals surface area contributed by atoms with E-state index in [1.54, 1.807) is 21.3 Å². The van der Waals surface area contributed by atoms with Crippen LogP contribution in [0.2, 0.25) is 0 Å². The summed E-state index contributed by atoms with van der Waals surface area (Å²) in [6, 6.07) is 8.43. The van der Waals surface area contributed by atoms with E-state index in [0.29, 0.717) is 11.8 Å². The molecule has 0 aliphatic carbocycles. The highest BCUT2D eigenvalue weighted by molar-refractivity contribution is 5.54. The van der Waals surface area contributed by atoms with Gasteiger partial charge in [0.05, 0.1) is 21.3 Å². The van der Waals surface area contributed by atoms with Crippen molar-refractivity contribution in [1.82, 2.24) is 4.90 Å². The van der Waals surface area contributed by atoms with Crippen molar-refractivity contribution in [3.8, 4) is 23.0 Å². The Kier molecular flexibility index (Phi) is 3.96. The van der Waals surface area contributed by atoms with E-state index in [0.717, 1.165) is 43.0 Å². The van der Waals surface area contributed by atoms with E-state index in [1.165, 1.54) is 16.7 Å². The zero-order valence-corrected chi connectivity index (χ0v) is 14.8. The van der Waals surface area contributed by atoms with Crippen molar-refractivity contribution >= 4 is 0 Å². The molecule has 5 nitrogen and oxygen atoms in total. The number of fused-ring (bicyclic) bond motifs is 4. The van der Waals surface area contributed by atoms with E-state index < -0.39 is 0 Å². The van der Waals surface area contributed by atoms with Gasteiger partial charge in [-0.15, -0.1) is 0 Å². The molecule has 0 radical (unpaired) electrons. The Labute approximate surface area is 147 Å². The van der Waals surface area contributed by atoms with Crippen LogP contribution in [0.3, 0.4) is 0 Å². The van der Waals surface area contributed by atoms with Gasteiger partial charge in [0, 0.05) is 24.7 Å². The third-order valence-electron chi connectivity index (χ3n) is 5.45.